The molecule has 0 saturated heterocycles. The van der Waals surface area contributed by atoms with Gasteiger partial charge in [-0.2, -0.15) is 18.8 Å². The van der Waals surface area contributed by atoms with E-state index in [0.29, 0.717) is 11.3 Å². The number of hydrogen-bond donors (Lipinski definition) is 1. The molecular weight excluding hydrogens is 264 g/mol. The van der Waals surface area contributed by atoms with Gasteiger partial charge in [0.05, 0.1) is 23.5 Å². The Morgan fingerprint density at radius 1 is 1.37 bits per heavy atom. The molecular formula is C12H12N4O2S. The highest BCUT2D eigenvalue weighted by Gasteiger charge is 2.18. The Kier molecular flexibility index (Phi) is 3.27. The summed E-state index contributed by atoms with van der Waals surface area (Å²) < 4.78 is 28.1. The molecule has 0 atom stereocenters. The summed E-state index contributed by atoms with van der Waals surface area (Å²) in [5.74, 6) is 0. The Hall–Kier alpha value is -2.33. The molecule has 1 aromatic carbocycles. The summed E-state index contributed by atoms with van der Waals surface area (Å²) in [5.41, 5.74) is 1.53. The maximum Gasteiger partial charge on any atom is 0.279 e. The summed E-state index contributed by atoms with van der Waals surface area (Å²) in [6, 6.07) is 8.22. The Labute approximate surface area is 111 Å². The monoisotopic (exact) mass is 276 g/mol. The van der Waals surface area contributed by atoms with Gasteiger partial charge in [0.1, 0.15) is 0 Å². The molecule has 0 fully saturated rings. The third-order valence-electron chi connectivity index (χ3n) is 2.66. The first kappa shape index (κ1) is 13.1. The van der Waals surface area contributed by atoms with E-state index in [1.165, 1.54) is 23.0 Å². The SMILES string of the molecule is Cc1ccc(C#N)cc1NS(=O)(=O)c1ccnn1C. The summed E-state index contributed by atoms with van der Waals surface area (Å²) >= 11 is 0. The van der Waals surface area contributed by atoms with E-state index in [2.05, 4.69) is 9.82 Å². The van der Waals surface area contributed by atoms with Gasteiger partial charge in [-0.15, -0.1) is 0 Å². The maximum atomic E-state index is 12.2. The predicted molar refractivity (Wildman–Crippen MR) is 69.9 cm³/mol. The Balaban J connectivity index is 2.42. The first-order valence-electron chi connectivity index (χ1n) is 5.45. The molecule has 1 heterocycles. The minimum absolute atomic E-state index is 0.0641. The molecule has 0 unspecified atom stereocenters. The quantitative estimate of drug-likeness (QED) is 0.917. The second-order valence-corrected chi connectivity index (χ2v) is 5.67. The molecule has 98 valence electrons. The van der Waals surface area contributed by atoms with E-state index in [1.54, 1.807) is 26.1 Å². The van der Waals surface area contributed by atoms with Gasteiger partial charge in [-0.25, -0.2) is 0 Å². The van der Waals surface area contributed by atoms with Crippen molar-refractivity contribution in [3.8, 4) is 6.07 Å². The first-order valence-corrected chi connectivity index (χ1v) is 6.94. The lowest BCUT2D eigenvalue weighted by Gasteiger charge is -2.10. The lowest BCUT2D eigenvalue weighted by atomic mass is 10.1. The van der Waals surface area contributed by atoms with Crippen LogP contribution in [0.2, 0.25) is 0 Å². The number of rotatable bonds is 3. The fourth-order valence-electron chi connectivity index (χ4n) is 1.62. The number of aryl methyl sites for hydroxylation is 2. The van der Waals surface area contributed by atoms with Crippen LogP contribution in [0.1, 0.15) is 11.1 Å². The Bertz CT molecular complexity index is 756. The van der Waals surface area contributed by atoms with Crippen molar-refractivity contribution < 1.29 is 8.42 Å². The minimum Gasteiger partial charge on any atom is -0.278 e. The molecule has 6 nitrogen and oxygen atoms in total. The Morgan fingerprint density at radius 2 is 2.11 bits per heavy atom. The zero-order valence-corrected chi connectivity index (χ0v) is 11.3. The summed E-state index contributed by atoms with van der Waals surface area (Å²) in [5, 5.41) is 12.7. The van der Waals surface area contributed by atoms with Gasteiger partial charge in [0.25, 0.3) is 10.0 Å². The molecule has 0 spiro atoms. The molecule has 0 aliphatic carbocycles. The van der Waals surface area contributed by atoms with E-state index in [0.717, 1.165) is 5.56 Å². The van der Waals surface area contributed by atoms with Crippen molar-refractivity contribution >= 4 is 15.7 Å². The van der Waals surface area contributed by atoms with Gasteiger partial charge in [0.15, 0.2) is 5.03 Å². The van der Waals surface area contributed by atoms with Crippen molar-refractivity contribution in [2.45, 2.75) is 11.9 Å². The van der Waals surface area contributed by atoms with Crippen molar-refractivity contribution in [1.29, 1.82) is 5.26 Å². The third-order valence-corrected chi connectivity index (χ3v) is 4.10. The molecule has 0 bridgehead atoms. The van der Waals surface area contributed by atoms with E-state index >= 15 is 0 Å². The Morgan fingerprint density at radius 3 is 2.68 bits per heavy atom. The van der Waals surface area contributed by atoms with Crippen LogP contribution in [-0.2, 0) is 17.1 Å². The first-order chi connectivity index (χ1) is 8.94. The molecule has 0 aliphatic heterocycles. The fourth-order valence-corrected chi connectivity index (χ4v) is 2.87. The average molecular weight is 276 g/mol. The molecule has 1 aromatic heterocycles. The largest absolute Gasteiger partial charge is 0.279 e. The average Bonchev–Trinajstić information content (AvgIpc) is 2.79. The molecule has 19 heavy (non-hydrogen) atoms. The van der Waals surface area contributed by atoms with Gasteiger partial charge >= 0.3 is 0 Å². The number of nitriles is 1. The predicted octanol–water partition coefficient (Wildman–Crippen LogP) is 1.40. The number of nitrogens with zero attached hydrogens (tertiary/aromatic N) is 3. The highest BCUT2D eigenvalue weighted by atomic mass is 32.2. The van der Waals surface area contributed by atoms with Crippen LogP contribution in [0.4, 0.5) is 5.69 Å². The normalized spacial score (nSPS) is 11.0. The van der Waals surface area contributed by atoms with E-state index in [1.807, 2.05) is 6.07 Å². The number of sulfonamides is 1. The second-order valence-electron chi connectivity index (χ2n) is 4.04. The topological polar surface area (TPSA) is 87.8 Å². The van der Waals surface area contributed by atoms with Gasteiger partial charge in [-0.3, -0.25) is 9.40 Å². The zero-order chi connectivity index (χ0) is 14.0. The molecule has 1 N–H and O–H groups in total. The van der Waals surface area contributed by atoms with Crippen LogP contribution in [0.25, 0.3) is 0 Å². The molecule has 2 aromatic rings. The van der Waals surface area contributed by atoms with Crippen molar-refractivity contribution in [3.05, 3.63) is 41.6 Å². The van der Waals surface area contributed by atoms with Crippen LogP contribution in [0.5, 0.6) is 0 Å². The number of aromatic nitrogens is 2. The molecule has 7 heteroatoms. The van der Waals surface area contributed by atoms with Crippen LogP contribution in [0.3, 0.4) is 0 Å². The molecule has 0 saturated carbocycles. The van der Waals surface area contributed by atoms with Crippen molar-refractivity contribution in [2.75, 3.05) is 4.72 Å². The van der Waals surface area contributed by atoms with Gasteiger partial charge < -0.3 is 0 Å². The van der Waals surface area contributed by atoms with Crippen LogP contribution in [0.15, 0.2) is 35.5 Å². The van der Waals surface area contributed by atoms with E-state index < -0.39 is 10.0 Å². The van der Waals surface area contributed by atoms with Crippen LogP contribution in [0, 0.1) is 18.3 Å². The van der Waals surface area contributed by atoms with Crippen molar-refractivity contribution in [3.63, 3.8) is 0 Å². The maximum absolute atomic E-state index is 12.2. The summed E-state index contributed by atoms with van der Waals surface area (Å²) in [7, 11) is -2.16. The van der Waals surface area contributed by atoms with Crippen LogP contribution >= 0.6 is 0 Å². The standard InChI is InChI=1S/C12H12N4O2S/c1-9-3-4-10(8-13)7-11(9)15-19(17,18)12-5-6-14-16(12)2/h3-7,15H,1-2H3. The lowest BCUT2D eigenvalue weighted by molar-refractivity contribution is 0.582. The summed E-state index contributed by atoms with van der Waals surface area (Å²) in [4.78, 5) is 0. The van der Waals surface area contributed by atoms with Gasteiger partial charge in [0, 0.05) is 7.05 Å². The van der Waals surface area contributed by atoms with Crippen molar-refractivity contribution in [2.24, 2.45) is 7.05 Å². The molecule has 2 rings (SSSR count). The lowest BCUT2D eigenvalue weighted by Crippen LogP contribution is -2.17. The van der Waals surface area contributed by atoms with E-state index in [-0.39, 0.29) is 5.03 Å². The highest BCUT2D eigenvalue weighted by molar-refractivity contribution is 7.92. The summed E-state index contributed by atoms with van der Waals surface area (Å²) in [6.07, 6.45) is 1.41. The second kappa shape index (κ2) is 4.74. The smallest absolute Gasteiger partial charge is 0.278 e. The van der Waals surface area contributed by atoms with Crippen LogP contribution < -0.4 is 4.72 Å². The molecule has 0 radical (unpaired) electrons. The minimum atomic E-state index is -3.71. The van der Waals surface area contributed by atoms with Gasteiger partial charge in [-0.05, 0) is 30.7 Å². The number of benzene rings is 1. The molecule has 0 amide bonds. The van der Waals surface area contributed by atoms with Crippen molar-refractivity contribution in [1.82, 2.24) is 9.78 Å². The van der Waals surface area contributed by atoms with E-state index in [9.17, 15) is 8.42 Å². The summed E-state index contributed by atoms with van der Waals surface area (Å²) in [6.45, 7) is 1.77. The highest BCUT2D eigenvalue weighted by Crippen LogP contribution is 2.20. The molecule has 0 aliphatic rings. The fraction of sp³-hybridized carbons (Fsp3) is 0.167. The number of nitrogens with one attached hydrogen (secondary N) is 1. The zero-order valence-electron chi connectivity index (χ0n) is 10.5. The number of hydrogen-bond acceptors (Lipinski definition) is 4. The van der Waals surface area contributed by atoms with Gasteiger partial charge in [0.2, 0.25) is 0 Å². The van der Waals surface area contributed by atoms with Gasteiger partial charge in [-0.1, -0.05) is 6.07 Å². The van der Waals surface area contributed by atoms with Crippen LogP contribution in [-0.4, -0.2) is 18.2 Å². The third kappa shape index (κ3) is 2.58. The van der Waals surface area contributed by atoms with E-state index in [4.69, 9.17) is 5.26 Å². The number of anilines is 1.